The number of Topliss-reactive ketones (excluding diaryl/α,β-unsaturated/α-hetero) is 1. The summed E-state index contributed by atoms with van der Waals surface area (Å²) in [5.41, 5.74) is 8.64. The van der Waals surface area contributed by atoms with Gasteiger partial charge in [0.2, 0.25) is 11.8 Å². The molecule has 0 aliphatic carbocycles. The van der Waals surface area contributed by atoms with Crippen LogP contribution in [0.2, 0.25) is 0 Å². The quantitative estimate of drug-likeness (QED) is 0.398. The summed E-state index contributed by atoms with van der Waals surface area (Å²) < 4.78 is 5.61. The minimum Gasteiger partial charge on any atom is -0.496 e. The van der Waals surface area contributed by atoms with Crippen molar-refractivity contribution in [3.8, 4) is 5.75 Å². The molecule has 0 saturated carbocycles. The fourth-order valence-corrected chi connectivity index (χ4v) is 4.19. The fourth-order valence-electron chi connectivity index (χ4n) is 4.19. The summed E-state index contributed by atoms with van der Waals surface area (Å²) in [4.78, 5) is 37.2. The third-order valence-electron chi connectivity index (χ3n) is 5.93. The number of anilines is 1. The smallest absolute Gasteiger partial charge is 0.248 e. The zero-order valence-electron chi connectivity index (χ0n) is 21.3. The summed E-state index contributed by atoms with van der Waals surface area (Å²) in [5.74, 6) is -0.0609. The molecule has 0 aliphatic heterocycles. The van der Waals surface area contributed by atoms with Gasteiger partial charge in [0.25, 0.3) is 0 Å². The molecule has 0 heterocycles. The number of primary amides is 1. The van der Waals surface area contributed by atoms with Crippen LogP contribution in [0.4, 0.5) is 5.69 Å². The van der Waals surface area contributed by atoms with E-state index in [9.17, 15) is 14.4 Å². The summed E-state index contributed by atoms with van der Waals surface area (Å²) in [6.07, 6.45) is 3.21. The van der Waals surface area contributed by atoms with Crippen LogP contribution in [0.3, 0.4) is 0 Å². The fraction of sp³-hybridized carbons (Fsp3) is 0.464. The highest BCUT2D eigenvalue weighted by Gasteiger charge is 2.24. The van der Waals surface area contributed by atoms with Crippen LogP contribution in [0.1, 0.15) is 104 Å². The van der Waals surface area contributed by atoms with Crippen LogP contribution in [-0.4, -0.2) is 24.7 Å². The highest BCUT2D eigenvalue weighted by atomic mass is 16.5. The number of ketones is 1. The van der Waals surface area contributed by atoms with Crippen molar-refractivity contribution in [3.63, 3.8) is 0 Å². The minimum absolute atomic E-state index is 0.0762. The highest BCUT2D eigenvalue weighted by molar-refractivity contribution is 5.98. The predicted octanol–water partition coefficient (Wildman–Crippen LogP) is 5.99. The topological polar surface area (TPSA) is 98.5 Å². The Morgan fingerprint density at radius 1 is 1.00 bits per heavy atom. The monoisotopic (exact) mass is 466 g/mol. The lowest BCUT2D eigenvalue weighted by Gasteiger charge is -2.24. The van der Waals surface area contributed by atoms with Gasteiger partial charge in [-0.15, -0.1) is 0 Å². The molecule has 2 amide bonds. The molecule has 3 N–H and O–H groups in total. The molecule has 34 heavy (non-hydrogen) atoms. The third kappa shape index (κ3) is 6.92. The van der Waals surface area contributed by atoms with Crippen molar-refractivity contribution >= 4 is 23.3 Å². The van der Waals surface area contributed by atoms with E-state index in [1.807, 2.05) is 45.9 Å². The predicted molar refractivity (Wildman–Crippen MR) is 137 cm³/mol. The number of carbonyl (C=O) groups is 3. The van der Waals surface area contributed by atoms with Crippen LogP contribution in [0, 0.1) is 0 Å². The van der Waals surface area contributed by atoms with Crippen LogP contribution in [-0.2, 0) is 10.2 Å². The van der Waals surface area contributed by atoms with Crippen molar-refractivity contribution in [1.82, 2.24) is 0 Å². The molecule has 0 saturated heterocycles. The van der Waals surface area contributed by atoms with E-state index in [-0.39, 0.29) is 29.4 Å². The Bertz CT molecular complexity index is 1040. The second kappa shape index (κ2) is 11.8. The van der Waals surface area contributed by atoms with Gasteiger partial charge < -0.3 is 15.8 Å². The molecule has 0 aromatic heterocycles. The number of carbonyl (C=O) groups excluding carboxylic acids is 3. The van der Waals surface area contributed by atoms with Crippen LogP contribution in [0.15, 0.2) is 36.4 Å². The number of hydrogen-bond donors (Lipinski definition) is 2. The first-order chi connectivity index (χ1) is 16.0. The van der Waals surface area contributed by atoms with Crippen molar-refractivity contribution in [2.24, 2.45) is 5.73 Å². The van der Waals surface area contributed by atoms with Gasteiger partial charge in [-0.25, -0.2) is 0 Å². The van der Waals surface area contributed by atoms with E-state index in [0.717, 1.165) is 30.4 Å². The van der Waals surface area contributed by atoms with Gasteiger partial charge in [0.15, 0.2) is 5.78 Å². The molecule has 6 nitrogen and oxygen atoms in total. The van der Waals surface area contributed by atoms with Crippen LogP contribution in [0.5, 0.6) is 5.75 Å². The van der Waals surface area contributed by atoms with Crippen molar-refractivity contribution < 1.29 is 19.1 Å². The molecule has 2 aromatic carbocycles. The van der Waals surface area contributed by atoms with E-state index < -0.39 is 5.91 Å². The molecule has 6 heteroatoms. The van der Waals surface area contributed by atoms with Gasteiger partial charge in [-0.1, -0.05) is 59.2 Å². The standard InChI is InChI=1S/C28H38N2O4/c1-7-9-18(21-13-11-19(16-25(21)34-6)24(31)10-8-2)17-26(32)30-23-15-20(27(29)33)12-14-22(23)28(3,4)5/h11-16,18H,7-10,17H2,1-6H3,(H2,29,33)(H,30,32). The average molecular weight is 467 g/mol. The molecular formula is C28H38N2O4. The molecule has 0 radical (unpaired) electrons. The molecule has 0 spiro atoms. The first-order valence-electron chi connectivity index (χ1n) is 12.0. The van der Waals surface area contributed by atoms with Gasteiger partial charge in [-0.2, -0.15) is 0 Å². The Balaban J connectivity index is 2.34. The lowest BCUT2D eigenvalue weighted by Crippen LogP contribution is -2.22. The van der Waals surface area contributed by atoms with Gasteiger partial charge in [0.1, 0.15) is 5.75 Å². The molecular weight excluding hydrogens is 428 g/mol. The summed E-state index contributed by atoms with van der Waals surface area (Å²) >= 11 is 0. The number of benzene rings is 2. The minimum atomic E-state index is -0.540. The first-order valence-corrected chi connectivity index (χ1v) is 12.0. The van der Waals surface area contributed by atoms with Gasteiger partial charge in [0.05, 0.1) is 7.11 Å². The number of amides is 2. The zero-order chi connectivity index (χ0) is 25.5. The Hall–Kier alpha value is -3.15. The third-order valence-corrected chi connectivity index (χ3v) is 5.93. The maximum absolute atomic E-state index is 13.2. The molecule has 2 rings (SSSR count). The van der Waals surface area contributed by atoms with Gasteiger partial charge in [-0.3, -0.25) is 14.4 Å². The lowest BCUT2D eigenvalue weighted by atomic mass is 9.84. The van der Waals surface area contributed by atoms with Crippen LogP contribution >= 0.6 is 0 Å². The molecule has 1 atom stereocenters. The van der Waals surface area contributed by atoms with Crippen molar-refractivity contribution in [3.05, 3.63) is 58.7 Å². The lowest BCUT2D eigenvalue weighted by molar-refractivity contribution is -0.116. The largest absolute Gasteiger partial charge is 0.496 e. The zero-order valence-corrected chi connectivity index (χ0v) is 21.3. The Kier molecular flexibility index (Phi) is 9.42. The number of rotatable bonds is 11. The molecule has 2 aromatic rings. The van der Waals surface area contributed by atoms with Crippen molar-refractivity contribution in [2.45, 2.75) is 78.1 Å². The number of methoxy groups -OCH3 is 1. The molecule has 0 bridgehead atoms. The first kappa shape index (κ1) is 27.1. The van der Waals surface area contributed by atoms with Crippen molar-refractivity contribution in [2.75, 3.05) is 12.4 Å². The van der Waals surface area contributed by atoms with Gasteiger partial charge in [0, 0.05) is 29.7 Å². The van der Waals surface area contributed by atoms with E-state index in [1.54, 1.807) is 25.3 Å². The second-order valence-electron chi connectivity index (χ2n) is 9.74. The Labute approximate surface area is 203 Å². The van der Waals surface area contributed by atoms with E-state index >= 15 is 0 Å². The average Bonchev–Trinajstić information content (AvgIpc) is 2.77. The van der Waals surface area contributed by atoms with Gasteiger partial charge in [-0.05, 0) is 53.5 Å². The van der Waals surface area contributed by atoms with E-state index in [4.69, 9.17) is 10.5 Å². The van der Waals surface area contributed by atoms with E-state index in [0.29, 0.717) is 29.0 Å². The number of ether oxygens (including phenoxy) is 1. The number of nitrogens with two attached hydrogens (primary N) is 1. The normalized spacial score (nSPS) is 12.2. The van der Waals surface area contributed by atoms with E-state index in [1.165, 1.54) is 0 Å². The number of nitrogens with one attached hydrogen (secondary N) is 1. The maximum atomic E-state index is 13.2. The molecule has 0 fully saturated rings. The van der Waals surface area contributed by atoms with E-state index in [2.05, 4.69) is 12.2 Å². The summed E-state index contributed by atoms with van der Waals surface area (Å²) in [6.45, 7) is 10.2. The SMILES string of the molecule is CCCC(=O)c1ccc(C(CCC)CC(=O)Nc2cc(C(N)=O)ccc2C(C)(C)C)c(OC)c1. The highest BCUT2D eigenvalue weighted by Crippen LogP contribution is 2.35. The summed E-state index contributed by atoms with van der Waals surface area (Å²) in [6, 6.07) is 10.7. The second-order valence-corrected chi connectivity index (χ2v) is 9.74. The van der Waals surface area contributed by atoms with Crippen LogP contribution < -0.4 is 15.8 Å². The Morgan fingerprint density at radius 2 is 1.68 bits per heavy atom. The molecule has 184 valence electrons. The molecule has 0 aliphatic rings. The van der Waals surface area contributed by atoms with Gasteiger partial charge >= 0.3 is 0 Å². The summed E-state index contributed by atoms with van der Waals surface area (Å²) in [5, 5.41) is 3.01. The summed E-state index contributed by atoms with van der Waals surface area (Å²) in [7, 11) is 1.58. The maximum Gasteiger partial charge on any atom is 0.248 e. The number of hydrogen-bond acceptors (Lipinski definition) is 4. The molecule has 1 unspecified atom stereocenters. The van der Waals surface area contributed by atoms with Crippen LogP contribution in [0.25, 0.3) is 0 Å². The van der Waals surface area contributed by atoms with Crippen molar-refractivity contribution in [1.29, 1.82) is 0 Å². The Morgan fingerprint density at radius 3 is 2.24 bits per heavy atom.